The van der Waals surface area contributed by atoms with Gasteiger partial charge in [-0.15, -0.1) is 0 Å². The van der Waals surface area contributed by atoms with Crippen molar-refractivity contribution in [2.75, 3.05) is 14.2 Å². The maximum Gasteiger partial charge on any atom is 0.326 e. The van der Waals surface area contributed by atoms with E-state index in [0.29, 0.717) is 11.1 Å². The molecule has 0 aromatic heterocycles. The average molecular weight is 376 g/mol. The lowest BCUT2D eigenvalue weighted by atomic mass is 9.84. The van der Waals surface area contributed by atoms with Crippen molar-refractivity contribution < 1.29 is 32.6 Å². The summed E-state index contributed by atoms with van der Waals surface area (Å²) in [5.74, 6) is -1.99. The van der Waals surface area contributed by atoms with Crippen molar-refractivity contribution in [3.05, 3.63) is 59.2 Å². The van der Waals surface area contributed by atoms with Crippen molar-refractivity contribution in [1.29, 1.82) is 0 Å². The second-order valence-electron chi connectivity index (χ2n) is 6.17. The van der Waals surface area contributed by atoms with E-state index in [1.807, 2.05) is 0 Å². The van der Waals surface area contributed by atoms with Gasteiger partial charge in [-0.05, 0) is 17.2 Å². The van der Waals surface area contributed by atoms with Crippen LogP contribution in [0.5, 0.6) is 11.5 Å². The first-order valence-electron chi connectivity index (χ1n) is 8.23. The number of carbonyl (C=O) groups is 2. The molecule has 1 atom stereocenters. The molecule has 27 heavy (non-hydrogen) atoms. The van der Waals surface area contributed by atoms with E-state index in [1.54, 1.807) is 30.3 Å². The lowest BCUT2D eigenvalue weighted by Crippen LogP contribution is -2.45. The molecule has 1 aliphatic rings. The number of hydrogen-bond acceptors (Lipinski definition) is 5. The second-order valence-corrected chi connectivity index (χ2v) is 6.17. The van der Waals surface area contributed by atoms with Gasteiger partial charge in [0.05, 0.1) is 19.8 Å². The molecule has 0 radical (unpaired) electrons. The van der Waals surface area contributed by atoms with E-state index in [-0.39, 0.29) is 23.7 Å². The first kappa shape index (κ1) is 18.8. The lowest BCUT2D eigenvalue weighted by molar-refractivity contribution is -0.161. The molecule has 5 nitrogen and oxygen atoms in total. The number of hydrogen-bond donors (Lipinski definition) is 0. The van der Waals surface area contributed by atoms with Crippen LogP contribution in [0.4, 0.5) is 8.78 Å². The second kappa shape index (κ2) is 7.34. The van der Waals surface area contributed by atoms with Crippen LogP contribution in [0.25, 0.3) is 0 Å². The SMILES string of the molecule is COc1ccc2c(c1OC)C(=O)C(C(=O)OCc1ccccc1)(C(F)F)C2. The number of carbonyl (C=O) groups excluding carboxylic acids is 2. The monoisotopic (exact) mass is 376 g/mol. The largest absolute Gasteiger partial charge is 0.493 e. The van der Waals surface area contributed by atoms with Gasteiger partial charge in [0.2, 0.25) is 0 Å². The van der Waals surface area contributed by atoms with Crippen LogP contribution in [0.15, 0.2) is 42.5 Å². The Bertz CT molecular complexity index is 866. The van der Waals surface area contributed by atoms with Gasteiger partial charge < -0.3 is 14.2 Å². The Morgan fingerprint density at radius 3 is 2.41 bits per heavy atom. The molecule has 0 saturated carbocycles. The van der Waals surface area contributed by atoms with Crippen LogP contribution in [0.1, 0.15) is 21.5 Å². The van der Waals surface area contributed by atoms with Gasteiger partial charge in [0.15, 0.2) is 22.7 Å². The number of ether oxygens (including phenoxy) is 3. The van der Waals surface area contributed by atoms with Crippen LogP contribution in [0.2, 0.25) is 0 Å². The Morgan fingerprint density at radius 1 is 1.11 bits per heavy atom. The van der Waals surface area contributed by atoms with Gasteiger partial charge in [0, 0.05) is 6.42 Å². The first-order chi connectivity index (χ1) is 13.0. The summed E-state index contributed by atoms with van der Waals surface area (Å²) in [7, 11) is 2.68. The normalized spacial score (nSPS) is 18.3. The third-order valence-corrected chi connectivity index (χ3v) is 4.68. The molecule has 7 heteroatoms. The number of rotatable bonds is 6. The van der Waals surface area contributed by atoms with Gasteiger partial charge >= 0.3 is 5.97 Å². The standard InChI is InChI=1S/C20H18F2O5/c1-25-14-9-8-13-10-20(18(21)22,17(23)15(13)16(14)26-2)19(24)27-11-12-6-4-3-5-7-12/h3-9,18H,10-11H2,1-2H3. The maximum absolute atomic E-state index is 14.0. The van der Waals surface area contributed by atoms with Gasteiger partial charge in [-0.3, -0.25) is 9.59 Å². The van der Waals surface area contributed by atoms with Crippen LogP contribution in [0.3, 0.4) is 0 Å². The molecule has 0 saturated heterocycles. The van der Waals surface area contributed by atoms with Crippen LogP contribution >= 0.6 is 0 Å². The molecular weight excluding hydrogens is 358 g/mol. The average Bonchev–Trinajstić information content (AvgIpc) is 3.00. The molecule has 0 fully saturated rings. The summed E-state index contributed by atoms with van der Waals surface area (Å²) < 4.78 is 43.4. The summed E-state index contributed by atoms with van der Waals surface area (Å²) in [5, 5.41) is 0. The Hall–Kier alpha value is -2.96. The summed E-state index contributed by atoms with van der Waals surface area (Å²) in [5.41, 5.74) is -1.71. The highest BCUT2D eigenvalue weighted by Crippen LogP contribution is 2.48. The number of halogens is 2. The molecule has 142 valence electrons. The van der Waals surface area contributed by atoms with E-state index in [2.05, 4.69) is 0 Å². The lowest BCUT2D eigenvalue weighted by Gasteiger charge is -2.24. The zero-order valence-electron chi connectivity index (χ0n) is 14.8. The summed E-state index contributed by atoms with van der Waals surface area (Å²) in [6, 6.07) is 11.6. The molecular formula is C20H18F2O5. The molecule has 0 spiro atoms. The van der Waals surface area contributed by atoms with E-state index in [4.69, 9.17) is 14.2 Å². The quantitative estimate of drug-likeness (QED) is 0.571. The van der Waals surface area contributed by atoms with Crippen molar-refractivity contribution in [1.82, 2.24) is 0 Å². The molecule has 0 bridgehead atoms. The van der Waals surface area contributed by atoms with Crippen LogP contribution in [-0.2, 0) is 22.6 Å². The molecule has 1 unspecified atom stereocenters. The number of alkyl halides is 2. The fraction of sp³-hybridized carbons (Fsp3) is 0.300. The van der Waals surface area contributed by atoms with E-state index in [9.17, 15) is 18.4 Å². The fourth-order valence-corrected chi connectivity index (χ4v) is 3.25. The minimum Gasteiger partial charge on any atom is -0.493 e. The number of ketones is 1. The highest BCUT2D eigenvalue weighted by molar-refractivity contribution is 6.18. The maximum atomic E-state index is 14.0. The minimum atomic E-state index is -3.23. The van der Waals surface area contributed by atoms with Gasteiger partial charge in [-0.1, -0.05) is 36.4 Å². The van der Waals surface area contributed by atoms with Crippen molar-refractivity contribution in [3.63, 3.8) is 0 Å². The smallest absolute Gasteiger partial charge is 0.326 e. The highest BCUT2D eigenvalue weighted by atomic mass is 19.3. The van der Waals surface area contributed by atoms with Gasteiger partial charge in [0.1, 0.15) is 6.61 Å². The summed E-state index contributed by atoms with van der Waals surface area (Å²) >= 11 is 0. The van der Waals surface area contributed by atoms with Gasteiger partial charge in [0.25, 0.3) is 6.43 Å². The van der Waals surface area contributed by atoms with Crippen molar-refractivity contribution in [2.45, 2.75) is 19.5 Å². The van der Waals surface area contributed by atoms with E-state index >= 15 is 0 Å². The Labute approximate surface area is 154 Å². The van der Waals surface area contributed by atoms with Crippen LogP contribution in [-0.4, -0.2) is 32.4 Å². The Kier molecular flexibility index (Phi) is 5.12. The summed E-state index contributed by atoms with van der Waals surface area (Å²) in [6.07, 6.45) is -3.68. The number of benzene rings is 2. The summed E-state index contributed by atoms with van der Waals surface area (Å²) in [4.78, 5) is 25.6. The number of esters is 1. The Morgan fingerprint density at radius 2 is 1.81 bits per heavy atom. The molecule has 0 heterocycles. The van der Waals surface area contributed by atoms with Crippen molar-refractivity contribution in [2.24, 2.45) is 5.41 Å². The molecule has 0 N–H and O–H groups in total. The number of fused-ring (bicyclic) bond motifs is 1. The Balaban J connectivity index is 1.95. The summed E-state index contributed by atoms with van der Waals surface area (Å²) in [6.45, 7) is -0.196. The van der Waals surface area contributed by atoms with Crippen molar-refractivity contribution in [3.8, 4) is 11.5 Å². The number of Topliss-reactive ketones (excluding diaryl/α,β-unsaturated/α-hetero) is 1. The predicted molar refractivity (Wildman–Crippen MR) is 92.3 cm³/mol. The highest BCUT2D eigenvalue weighted by Gasteiger charge is 2.60. The van der Waals surface area contributed by atoms with E-state index < -0.39 is 30.0 Å². The molecule has 0 amide bonds. The third-order valence-electron chi connectivity index (χ3n) is 4.68. The van der Waals surface area contributed by atoms with Crippen LogP contribution < -0.4 is 9.47 Å². The van der Waals surface area contributed by atoms with E-state index in [1.165, 1.54) is 26.4 Å². The molecule has 2 aromatic carbocycles. The third kappa shape index (κ3) is 3.03. The van der Waals surface area contributed by atoms with Gasteiger partial charge in [-0.2, -0.15) is 0 Å². The molecule has 1 aliphatic carbocycles. The minimum absolute atomic E-state index is 0.0402. The zero-order valence-corrected chi connectivity index (χ0v) is 14.8. The molecule has 0 aliphatic heterocycles. The predicted octanol–water partition coefficient (Wildman–Crippen LogP) is 3.44. The molecule has 3 rings (SSSR count). The first-order valence-corrected chi connectivity index (χ1v) is 8.23. The number of methoxy groups -OCH3 is 2. The van der Waals surface area contributed by atoms with E-state index in [0.717, 1.165) is 0 Å². The zero-order chi connectivity index (χ0) is 19.6. The molecule has 2 aromatic rings. The van der Waals surface area contributed by atoms with Gasteiger partial charge in [-0.25, -0.2) is 8.78 Å². The fourth-order valence-electron chi connectivity index (χ4n) is 3.25. The topological polar surface area (TPSA) is 61.8 Å². The van der Waals surface area contributed by atoms with Crippen LogP contribution in [0, 0.1) is 5.41 Å². The van der Waals surface area contributed by atoms with Crippen molar-refractivity contribution >= 4 is 11.8 Å².